The smallest absolute Gasteiger partial charge is 0.326 e. The van der Waals surface area contributed by atoms with Crippen molar-refractivity contribution in [3.05, 3.63) is 29.8 Å². The molecule has 0 fully saturated rings. The molecule has 0 saturated heterocycles. The zero-order valence-corrected chi connectivity index (χ0v) is 8.05. The zero-order chi connectivity index (χ0) is 11.5. The minimum absolute atomic E-state index is 0.0130. The Bertz CT molecular complexity index is 349. The third kappa shape index (κ3) is 2.68. The van der Waals surface area contributed by atoms with E-state index in [9.17, 15) is 4.79 Å². The van der Waals surface area contributed by atoms with Crippen molar-refractivity contribution in [1.29, 1.82) is 0 Å². The first-order valence-corrected chi connectivity index (χ1v) is 4.39. The van der Waals surface area contributed by atoms with Gasteiger partial charge in [0.2, 0.25) is 0 Å². The monoisotopic (exact) mass is 211 g/mol. The van der Waals surface area contributed by atoms with Crippen LogP contribution in [0.1, 0.15) is 5.56 Å². The molecule has 5 heteroatoms. The van der Waals surface area contributed by atoms with Crippen molar-refractivity contribution in [3.8, 4) is 5.75 Å². The van der Waals surface area contributed by atoms with E-state index in [0.717, 1.165) is 0 Å². The van der Waals surface area contributed by atoms with Crippen LogP contribution < -0.4 is 5.73 Å². The molecular weight excluding hydrogens is 198 g/mol. The highest BCUT2D eigenvalue weighted by Crippen LogP contribution is 2.15. The second-order valence-electron chi connectivity index (χ2n) is 3.46. The molecule has 5 nitrogen and oxygen atoms in total. The van der Waals surface area contributed by atoms with E-state index in [2.05, 4.69) is 0 Å². The van der Waals surface area contributed by atoms with Crippen molar-refractivity contribution < 1.29 is 20.1 Å². The van der Waals surface area contributed by atoms with Gasteiger partial charge in [-0.25, -0.2) is 0 Å². The number of aromatic hydroxyl groups is 1. The lowest BCUT2D eigenvalue weighted by molar-refractivity contribution is -0.144. The fraction of sp³-hybridized carbons (Fsp3) is 0.300. The fourth-order valence-electron chi connectivity index (χ4n) is 1.18. The predicted octanol–water partition coefficient (Wildman–Crippen LogP) is -0.291. The zero-order valence-electron chi connectivity index (χ0n) is 8.05. The second kappa shape index (κ2) is 4.29. The summed E-state index contributed by atoms with van der Waals surface area (Å²) in [7, 11) is 0. The summed E-state index contributed by atoms with van der Waals surface area (Å²) in [6.07, 6.45) is 0.0130. The van der Waals surface area contributed by atoms with Gasteiger partial charge in [0, 0.05) is 6.42 Å². The molecular formula is C10H13NO4. The van der Waals surface area contributed by atoms with Crippen molar-refractivity contribution in [2.75, 3.05) is 6.61 Å². The van der Waals surface area contributed by atoms with Crippen molar-refractivity contribution in [2.45, 2.75) is 12.0 Å². The number of hydrogen-bond acceptors (Lipinski definition) is 4. The van der Waals surface area contributed by atoms with E-state index in [1.807, 2.05) is 0 Å². The minimum Gasteiger partial charge on any atom is -0.508 e. The molecule has 0 aliphatic carbocycles. The van der Waals surface area contributed by atoms with Gasteiger partial charge in [-0.3, -0.25) is 4.79 Å². The SMILES string of the molecule is N[C@@](CO)(Cc1ccc(O)cc1)C(=O)O. The number of hydrogen-bond donors (Lipinski definition) is 4. The minimum atomic E-state index is -1.67. The number of aliphatic hydroxyl groups is 1. The van der Waals surface area contributed by atoms with Crippen LogP contribution in [0.15, 0.2) is 24.3 Å². The van der Waals surface area contributed by atoms with Gasteiger partial charge in [0.1, 0.15) is 11.3 Å². The van der Waals surface area contributed by atoms with Crippen LogP contribution in [0.25, 0.3) is 0 Å². The van der Waals surface area contributed by atoms with Crippen LogP contribution in [-0.2, 0) is 11.2 Å². The molecule has 1 rings (SSSR count). The molecule has 0 aliphatic heterocycles. The summed E-state index contributed by atoms with van der Waals surface area (Å²) in [5.74, 6) is -1.15. The van der Waals surface area contributed by atoms with Crippen molar-refractivity contribution >= 4 is 5.97 Å². The van der Waals surface area contributed by atoms with E-state index in [1.165, 1.54) is 12.1 Å². The number of phenolic OH excluding ortho intramolecular Hbond substituents is 1. The van der Waals surface area contributed by atoms with Gasteiger partial charge in [-0.05, 0) is 17.7 Å². The molecule has 82 valence electrons. The van der Waals surface area contributed by atoms with Gasteiger partial charge in [-0.1, -0.05) is 12.1 Å². The maximum absolute atomic E-state index is 10.8. The summed E-state index contributed by atoms with van der Waals surface area (Å²) < 4.78 is 0. The first kappa shape index (κ1) is 11.5. The Morgan fingerprint density at radius 3 is 2.27 bits per heavy atom. The topological polar surface area (TPSA) is 104 Å². The Hall–Kier alpha value is -1.59. The number of benzene rings is 1. The van der Waals surface area contributed by atoms with Gasteiger partial charge in [0.05, 0.1) is 6.61 Å². The van der Waals surface area contributed by atoms with Gasteiger partial charge >= 0.3 is 5.97 Å². The lowest BCUT2D eigenvalue weighted by Gasteiger charge is -2.21. The van der Waals surface area contributed by atoms with E-state index in [1.54, 1.807) is 12.1 Å². The lowest BCUT2D eigenvalue weighted by atomic mass is 9.93. The Morgan fingerprint density at radius 2 is 1.87 bits per heavy atom. The molecule has 0 spiro atoms. The summed E-state index contributed by atoms with van der Waals surface area (Å²) in [5, 5.41) is 26.8. The predicted molar refractivity (Wildman–Crippen MR) is 53.5 cm³/mol. The number of aliphatic carboxylic acids is 1. The highest BCUT2D eigenvalue weighted by Gasteiger charge is 2.33. The lowest BCUT2D eigenvalue weighted by Crippen LogP contribution is -2.53. The average Bonchev–Trinajstić information content (AvgIpc) is 2.21. The Labute approximate surface area is 86.8 Å². The summed E-state index contributed by atoms with van der Waals surface area (Å²) >= 11 is 0. The van der Waals surface area contributed by atoms with Crippen LogP contribution in [-0.4, -0.2) is 33.4 Å². The van der Waals surface area contributed by atoms with E-state index in [0.29, 0.717) is 5.56 Å². The Balaban J connectivity index is 2.84. The number of phenols is 1. The summed E-state index contributed by atoms with van der Waals surface area (Å²) in [4.78, 5) is 10.8. The summed E-state index contributed by atoms with van der Waals surface area (Å²) in [6, 6.07) is 6.01. The van der Waals surface area contributed by atoms with Crippen LogP contribution in [0.3, 0.4) is 0 Å². The van der Waals surface area contributed by atoms with Crippen LogP contribution in [0.4, 0.5) is 0 Å². The van der Waals surface area contributed by atoms with Crippen LogP contribution in [0.5, 0.6) is 5.75 Å². The van der Waals surface area contributed by atoms with Crippen molar-refractivity contribution in [3.63, 3.8) is 0 Å². The molecule has 0 aromatic heterocycles. The number of carboxylic acid groups (broad SMARTS) is 1. The highest BCUT2D eigenvalue weighted by atomic mass is 16.4. The Kier molecular flexibility index (Phi) is 3.28. The van der Waals surface area contributed by atoms with Crippen LogP contribution >= 0.6 is 0 Å². The molecule has 0 radical (unpaired) electrons. The number of nitrogens with two attached hydrogens (primary N) is 1. The molecule has 15 heavy (non-hydrogen) atoms. The average molecular weight is 211 g/mol. The Morgan fingerprint density at radius 1 is 1.33 bits per heavy atom. The quantitative estimate of drug-likeness (QED) is 0.548. The first-order valence-electron chi connectivity index (χ1n) is 4.39. The molecule has 1 aromatic carbocycles. The number of aliphatic hydroxyl groups excluding tert-OH is 1. The van der Waals surface area contributed by atoms with Crippen molar-refractivity contribution in [2.24, 2.45) is 5.73 Å². The van der Waals surface area contributed by atoms with Gasteiger partial charge in [-0.15, -0.1) is 0 Å². The molecule has 0 saturated carbocycles. The summed E-state index contributed by atoms with van der Waals surface area (Å²) in [5.41, 5.74) is 4.47. The van der Waals surface area contributed by atoms with E-state index in [-0.39, 0.29) is 12.2 Å². The van der Waals surface area contributed by atoms with Crippen LogP contribution in [0.2, 0.25) is 0 Å². The molecule has 0 bridgehead atoms. The van der Waals surface area contributed by atoms with Gasteiger partial charge < -0.3 is 21.1 Å². The van der Waals surface area contributed by atoms with E-state index >= 15 is 0 Å². The molecule has 0 amide bonds. The van der Waals surface area contributed by atoms with E-state index < -0.39 is 18.1 Å². The third-order valence-electron chi connectivity index (χ3n) is 2.16. The number of carboxylic acids is 1. The fourth-order valence-corrected chi connectivity index (χ4v) is 1.18. The highest BCUT2D eigenvalue weighted by molar-refractivity contribution is 5.79. The third-order valence-corrected chi connectivity index (χ3v) is 2.16. The maximum Gasteiger partial charge on any atom is 0.326 e. The largest absolute Gasteiger partial charge is 0.508 e. The van der Waals surface area contributed by atoms with Crippen molar-refractivity contribution in [1.82, 2.24) is 0 Å². The van der Waals surface area contributed by atoms with E-state index in [4.69, 9.17) is 21.1 Å². The second-order valence-corrected chi connectivity index (χ2v) is 3.46. The maximum atomic E-state index is 10.8. The molecule has 0 aliphatic rings. The normalized spacial score (nSPS) is 14.5. The molecule has 1 aromatic rings. The first-order chi connectivity index (χ1) is 6.98. The number of carbonyl (C=O) groups is 1. The molecule has 5 N–H and O–H groups in total. The summed E-state index contributed by atoms with van der Waals surface area (Å²) in [6.45, 7) is -0.636. The number of rotatable bonds is 4. The van der Waals surface area contributed by atoms with Gasteiger partial charge in [0.15, 0.2) is 0 Å². The molecule has 0 heterocycles. The molecule has 0 unspecified atom stereocenters. The van der Waals surface area contributed by atoms with Gasteiger partial charge in [-0.2, -0.15) is 0 Å². The van der Waals surface area contributed by atoms with Gasteiger partial charge in [0.25, 0.3) is 0 Å². The van der Waals surface area contributed by atoms with Crippen LogP contribution in [0, 0.1) is 0 Å². The molecule has 1 atom stereocenters. The standard InChI is InChI=1S/C10H13NO4/c11-10(6-12,9(14)15)5-7-1-3-8(13)4-2-7/h1-4,12-13H,5-6,11H2,(H,14,15)/t10-/m1/s1.